The minimum Gasteiger partial charge on any atom is -0.491 e. The monoisotopic (exact) mass is 474 g/mol. The van der Waals surface area contributed by atoms with Gasteiger partial charge in [0.15, 0.2) is 0 Å². The Bertz CT molecular complexity index is 782. The smallest absolute Gasteiger partial charge is 0.317 e. The Balaban J connectivity index is 1.65. The van der Waals surface area contributed by atoms with E-state index in [0.29, 0.717) is 65.2 Å². The molecule has 0 aliphatic heterocycles. The number of rotatable bonds is 19. The van der Waals surface area contributed by atoms with E-state index in [0.717, 1.165) is 24.2 Å². The number of hydrogen-bond donors (Lipinski definition) is 0. The minimum atomic E-state index is -0.494. The van der Waals surface area contributed by atoms with Gasteiger partial charge in [0.05, 0.1) is 52.9 Å². The predicted molar refractivity (Wildman–Crippen MR) is 130 cm³/mol. The van der Waals surface area contributed by atoms with Crippen molar-refractivity contribution in [2.75, 3.05) is 66.1 Å². The average Bonchev–Trinajstić information content (AvgIpc) is 2.85. The fourth-order valence-corrected chi connectivity index (χ4v) is 3.24. The third kappa shape index (κ3) is 11.1. The van der Waals surface area contributed by atoms with Gasteiger partial charge >= 0.3 is 5.97 Å². The van der Waals surface area contributed by atoms with Crippen LogP contribution in [0.4, 0.5) is 0 Å². The van der Waals surface area contributed by atoms with Crippen LogP contribution in [-0.4, -0.2) is 72.0 Å². The minimum absolute atomic E-state index is 0.274. The molecule has 188 valence electrons. The highest BCUT2D eigenvalue weighted by molar-refractivity contribution is 5.82. The van der Waals surface area contributed by atoms with Gasteiger partial charge in [-0.25, -0.2) is 0 Å². The van der Waals surface area contributed by atoms with Crippen LogP contribution in [0.2, 0.25) is 0 Å². The van der Waals surface area contributed by atoms with E-state index < -0.39 is 5.92 Å². The SMILES string of the molecule is CCCOCCOCCOCCOCCOc1cccc(C(C(=O)OCC)c2ccccc2)c1. The van der Waals surface area contributed by atoms with Crippen LogP contribution in [0.3, 0.4) is 0 Å². The molecule has 0 spiro atoms. The molecule has 0 radical (unpaired) electrons. The van der Waals surface area contributed by atoms with Crippen molar-refractivity contribution in [3.63, 3.8) is 0 Å². The van der Waals surface area contributed by atoms with E-state index in [9.17, 15) is 4.79 Å². The summed E-state index contributed by atoms with van der Waals surface area (Å²) in [7, 11) is 0. The van der Waals surface area contributed by atoms with Gasteiger partial charge in [0.1, 0.15) is 18.3 Å². The highest BCUT2D eigenvalue weighted by Crippen LogP contribution is 2.28. The zero-order chi connectivity index (χ0) is 24.3. The van der Waals surface area contributed by atoms with Crippen LogP contribution in [0.25, 0.3) is 0 Å². The van der Waals surface area contributed by atoms with Gasteiger partial charge < -0.3 is 28.4 Å². The first-order chi connectivity index (χ1) is 16.8. The highest BCUT2D eigenvalue weighted by atomic mass is 16.6. The second kappa shape index (κ2) is 18.0. The molecule has 0 heterocycles. The van der Waals surface area contributed by atoms with E-state index in [1.54, 1.807) is 0 Å². The Labute approximate surface area is 203 Å². The van der Waals surface area contributed by atoms with Crippen molar-refractivity contribution in [2.45, 2.75) is 26.2 Å². The Kier molecular flexibility index (Phi) is 14.7. The highest BCUT2D eigenvalue weighted by Gasteiger charge is 2.24. The number of benzene rings is 2. The molecule has 7 nitrogen and oxygen atoms in total. The maximum atomic E-state index is 12.6. The summed E-state index contributed by atoms with van der Waals surface area (Å²) in [6, 6.07) is 17.2. The number of esters is 1. The molecule has 1 unspecified atom stereocenters. The molecule has 0 bridgehead atoms. The van der Waals surface area contributed by atoms with Crippen LogP contribution in [0, 0.1) is 0 Å². The predicted octanol–water partition coefficient (Wildman–Crippen LogP) is 4.24. The van der Waals surface area contributed by atoms with Crippen LogP contribution in [0.5, 0.6) is 5.75 Å². The second-order valence-corrected chi connectivity index (χ2v) is 7.47. The van der Waals surface area contributed by atoms with Crippen molar-refractivity contribution in [3.05, 3.63) is 65.7 Å². The molecular weight excluding hydrogens is 436 g/mol. The van der Waals surface area contributed by atoms with Gasteiger partial charge in [-0.2, -0.15) is 0 Å². The maximum Gasteiger partial charge on any atom is 0.317 e. The first kappa shape index (κ1) is 27.8. The molecule has 0 N–H and O–H groups in total. The van der Waals surface area contributed by atoms with E-state index in [-0.39, 0.29) is 5.97 Å². The summed E-state index contributed by atoms with van der Waals surface area (Å²) in [6.07, 6.45) is 1.02. The molecule has 2 aromatic carbocycles. The molecule has 1 atom stereocenters. The van der Waals surface area contributed by atoms with E-state index in [1.807, 2.05) is 61.5 Å². The lowest BCUT2D eigenvalue weighted by Crippen LogP contribution is -2.17. The van der Waals surface area contributed by atoms with E-state index >= 15 is 0 Å². The Hall–Kier alpha value is -2.45. The fourth-order valence-electron chi connectivity index (χ4n) is 3.24. The number of hydrogen-bond acceptors (Lipinski definition) is 7. The van der Waals surface area contributed by atoms with Crippen molar-refractivity contribution in [1.82, 2.24) is 0 Å². The normalized spacial score (nSPS) is 11.8. The third-order valence-electron chi connectivity index (χ3n) is 4.81. The standard InChI is InChI=1S/C27H38O7/c1-3-13-29-14-15-30-16-17-31-18-19-32-20-21-34-25-12-8-11-24(22-25)26(27(28)33-4-2)23-9-6-5-7-10-23/h5-12,22,26H,3-4,13-21H2,1-2H3. The van der Waals surface area contributed by atoms with Gasteiger partial charge in [-0.05, 0) is 36.6 Å². The molecule has 2 rings (SSSR count). The molecule has 2 aromatic rings. The molecule has 0 amide bonds. The molecule has 0 saturated carbocycles. The molecule has 0 fully saturated rings. The average molecular weight is 475 g/mol. The molecule has 0 aliphatic carbocycles. The largest absolute Gasteiger partial charge is 0.491 e. The van der Waals surface area contributed by atoms with Gasteiger partial charge in [0, 0.05) is 6.61 Å². The van der Waals surface area contributed by atoms with Crippen molar-refractivity contribution < 1.29 is 33.2 Å². The lowest BCUT2D eigenvalue weighted by atomic mass is 9.91. The van der Waals surface area contributed by atoms with Crippen molar-refractivity contribution in [2.24, 2.45) is 0 Å². The lowest BCUT2D eigenvalue weighted by Gasteiger charge is -2.17. The molecule has 7 heteroatoms. The van der Waals surface area contributed by atoms with Gasteiger partial charge in [0.25, 0.3) is 0 Å². The topological polar surface area (TPSA) is 72.5 Å². The maximum absolute atomic E-state index is 12.6. The zero-order valence-electron chi connectivity index (χ0n) is 20.4. The molecule has 34 heavy (non-hydrogen) atoms. The lowest BCUT2D eigenvalue weighted by molar-refractivity contribution is -0.143. The summed E-state index contributed by atoms with van der Waals surface area (Å²) in [5.41, 5.74) is 1.72. The van der Waals surface area contributed by atoms with E-state index in [4.69, 9.17) is 28.4 Å². The first-order valence-corrected chi connectivity index (χ1v) is 12.0. The summed E-state index contributed by atoms with van der Waals surface area (Å²) >= 11 is 0. The van der Waals surface area contributed by atoms with Crippen LogP contribution in [0.15, 0.2) is 54.6 Å². The third-order valence-corrected chi connectivity index (χ3v) is 4.81. The summed E-state index contributed by atoms with van der Waals surface area (Å²) in [4.78, 5) is 12.6. The van der Waals surface area contributed by atoms with Crippen LogP contribution in [0.1, 0.15) is 37.3 Å². The van der Waals surface area contributed by atoms with Crippen molar-refractivity contribution in [3.8, 4) is 5.75 Å². The number of ether oxygens (including phenoxy) is 6. The first-order valence-electron chi connectivity index (χ1n) is 12.0. The van der Waals surface area contributed by atoms with Gasteiger partial charge in [-0.3, -0.25) is 4.79 Å². The van der Waals surface area contributed by atoms with E-state index in [2.05, 4.69) is 6.92 Å². The zero-order valence-corrected chi connectivity index (χ0v) is 20.4. The number of carbonyl (C=O) groups excluding carboxylic acids is 1. The summed E-state index contributed by atoms with van der Waals surface area (Å²) in [5.74, 6) is -0.0852. The van der Waals surface area contributed by atoms with Crippen LogP contribution in [-0.2, 0) is 28.5 Å². The molecule has 0 aliphatic rings. The quantitative estimate of drug-likeness (QED) is 0.223. The Morgan fingerprint density at radius 2 is 1.24 bits per heavy atom. The van der Waals surface area contributed by atoms with Crippen LogP contribution < -0.4 is 4.74 Å². The summed E-state index contributed by atoms with van der Waals surface area (Å²) in [5, 5.41) is 0. The summed E-state index contributed by atoms with van der Waals surface area (Å²) < 4.78 is 32.9. The number of carbonyl (C=O) groups is 1. The fraction of sp³-hybridized carbons (Fsp3) is 0.519. The van der Waals surface area contributed by atoms with Gasteiger partial charge in [-0.15, -0.1) is 0 Å². The van der Waals surface area contributed by atoms with Gasteiger partial charge in [-0.1, -0.05) is 49.4 Å². The molecule has 0 saturated heterocycles. The van der Waals surface area contributed by atoms with Crippen molar-refractivity contribution in [1.29, 1.82) is 0 Å². The summed E-state index contributed by atoms with van der Waals surface area (Å²) in [6.45, 7) is 9.12. The molecule has 0 aromatic heterocycles. The Morgan fingerprint density at radius 1 is 0.676 bits per heavy atom. The van der Waals surface area contributed by atoms with Gasteiger partial charge in [0.2, 0.25) is 0 Å². The van der Waals surface area contributed by atoms with Crippen molar-refractivity contribution >= 4 is 5.97 Å². The van der Waals surface area contributed by atoms with E-state index in [1.165, 1.54) is 0 Å². The van der Waals surface area contributed by atoms with Crippen LogP contribution >= 0.6 is 0 Å². The second-order valence-electron chi connectivity index (χ2n) is 7.47. The molecular formula is C27H38O7. The Morgan fingerprint density at radius 3 is 1.82 bits per heavy atom.